The van der Waals surface area contributed by atoms with Gasteiger partial charge in [0.25, 0.3) is 5.91 Å². The Morgan fingerprint density at radius 2 is 1.93 bits per heavy atom. The first-order valence-corrected chi connectivity index (χ1v) is 8.97. The molecule has 2 aromatic rings. The van der Waals surface area contributed by atoms with Gasteiger partial charge in [-0.1, -0.05) is 23.8 Å². The summed E-state index contributed by atoms with van der Waals surface area (Å²) in [4.78, 5) is 38.4. The van der Waals surface area contributed by atoms with Gasteiger partial charge in [0.1, 0.15) is 5.82 Å². The van der Waals surface area contributed by atoms with E-state index in [0.717, 1.165) is 11.3 Å². The van der Waals surface area contributed by atoms with Gasteiger partial charge in [-0.2, -0.15) is 0 Å². The quantitative estimate of drug-likeness (QED) is 0.804. The number of halogens is 1. The fourth-order valence-corrected chi connectivity index (χ4v) is 2.97. The van der Waals surface area contributed by atoms with E-state index in [-0.39, 0.29) is 24.6 Å². The van der Waals surface area contributed by atoms with Crippen LogP contribution >= 0.6 is 0 Å². The summed E-state index contributed by atoms with van der Waals surface area (Å²) in [7, 11) is 0. The number of benzene rings is 2. The smallest absolute Gasteiger partial charge is 0.312 e. The Morgan fingerprint density at radius 1 is 1.21 bits per heavy atom. The number of hydrogen-bond acceptors (Lipinski definition) is 4. The normalized spacial score (nSPS) is 17.3. The second-order valence-corrected chi connectivity index (χ2v) is 6.82. The number of nitrogens with zero attached hydrogens (tertiary/aromatic N) is 1. The Labute approximate surface area is 162 Å². The van der Waals surface area contributed by atoms with Crippen molar-refractivity contribution < 1.29 is 23.5 Å². The molecular weight excluding hydrogens is 363 g/mol. The number of amides is 2. The van der Waals surface area contributed by atoms with E-state index in [2.05, 4.69) is 5.32 Å². The number of aryl methyl sites for hydroxylation is 1. The largest absolute Gasteiger partial charge is 0.452 e. The predicted molar refractivity (Wildman–Crippen MR) is 102 cm³/mol. The monoisotopic (exact) mass is 384 g/mol. The third kappa shape index (κ3) is 4.54. The first kappa shape index (κ1) is 19.5. The van der Waals surface area contributed by atoms with Crippen molar-refractivity contribution in [2.24, 2.45) is 5.92 Å². The van der Waals surface area contributed by atoms with Gasteiger partial charge < -0.3 is 15.0 Å². The maximum absolute atomic E-state index is 13.2. The zero-order chi connectivity index (χ0) is 20.3. The van der Waals surface area contributed by atoms with Crippen LogP contribution in [0, 0.1) is 18.7 Å². The van der Waals surface area contributed by atoms with Crippen molar-refractivity contribution in [2.45, 2.75) is 26.4 Å². The van der Waals surface area contributed by atoms with E-state index in [9.17, 15) is 18.8 Å². The first-order chi connectivity index (χ1) is 13.3. The van der Waals surface area contributed by atoms with Gasteiger partial charge in [0.2, 0.25) is 5.91 Å². The molecule has 0 aromatic heterocycles. The van der Waals surface area contributed by atoms with Crippen molar-refractivity contribution in [2.75, 3.05) is 16.8 Å². The molecule has 1 aliphatic rings. The molecular formula is C21H21FN2O4. The summed E-state index contributed by atoms with van der Waals surface area (Å²) in [5.74, 6) is -2.47. The Morgan fingerprint density at radius 3 is 2.61 bits per heavy atom. The summed E-state index contributed by atoms with van der Waals surface area (Å²) >= 11 is 0. The average molecular weight is 384 g/mol. The highest BCUT2D eigenvalue weighted by Crippen LogP contribution is 2.26. The van der Waals surface area contributed by atoms with Crippen LogP contribution in [-0.4, -0.2) is 30.4 Å². The van der Waals surface area contributed by atoms with Crippen molar-refractivity contribution in [1.29, 1.82) is 0 Å². The molecule has 2 amide bonds. The summed E-state index contributed by atoms with van der Waals surface area (Å²) in [6.45, 7) is 3.59. The minimum atomic E-state index is -1.07. The lowest BCUT2D eigenvalue weighted by atomic mass is 10.1. The van der Waals surface area contributed by atoms with E-state index in [1.807, 2.05) is 31.2 Å². The summed E-state index contributed by atoms with van der Waals surface area (Å²) < 4.78 is 18.4. The van der Waals surface area contributed by atoms with E-state index in [4.69, 9.17) is 4.74 Å². The van der Waals surface area contributed by atoms with Gasteiger partial charge in [-0.3, -0.25) is 14.4 Å². The minimum Gasteiger partial charge on any atom is -0.452 e. The molecule has 1 heterocycles. The van der Waals surface area contributed by atoms with Crippen molar-refractivity contribution in [1.82, 2.24) is 0 Å². The van der Waals surface area contributed by atoms with E-state index in [1.54, 1.807) is 4.90 Å². The van der Waals surface area contributed by atoms with Crippen LogP contribution in [0.3, 0.4) is 0 Å². The van der Waals surface area contributed by atoms with E-state index in [0.29, 0.717) is 0 Å². The Balaban J connectivity index is 1.57. The zero-order valence-electron chi connectivity index (χ0n) is 15.6. The lowest BCUT2D eigenvalue weighted by Gasteiger charge is -2.18. The highest BCUT2D eigenvalue weighted by Gasteiger charge is 2.37. The van der Waals surface area contributed by atoms with Crippen LogP contribution in [0.1, 0.15) is 18.9 Å². The zero-order valence-corrected chi connectivity index (χ0v) is 15.6. The van der Waals surface area contributed by atoms with E-state index >= 15 is 0 Å². The molecule has 1 fully saturated rings. The predicted octanol–water partition coefficient (Wildman–Crippen LogP) is 3.06. The molecule has 1 N–H and O–H groups in total. The number of ether oxygens (including phenoxy) is 1. The number of carbonyl (C=O) groups is 3. The van der Waals surface area contributed by atoms with E-state index < -0.39 is 29.7 Å². The number of rotatable bonds is 5. The Kier molecular flexibility index (Phi) is 5.73. The third-order valence-electron chi connectivity index (χ3n) is 4.56. The molecule has 2 atom stereocenters. The number of esters is 1. The lowest BCUT2D eigenvalue weighted by Crippen LogP contribution is -2.33. The first-order valence-electron chi connectivity index (χ1n) is 8.97. The molecule has 146 valence electrons. The van der Waals surface area contributed by atoms with Gasteiger partial charge in [0.15, 0.2) is 6.10 Å². The Hall–Kier alpha value is -3.22. The Bertz CT molecular complexity index is 898. The van der Waals surface area contributed by atoms with Gasteiger partial charge >= 0.3 is 5.97 Å². The van der Waals surface area contributed by atoms with Crippen molar-refractivity contribution in [3.63, 3.8) is 0 Å². The number of anilines is 2. The molecule has 0 saturated carbocycles. The summed E-state index contributed by atoms with van der Waals surface area (Å²) in [6, 6.07) is 12.9. The number of hydrogen-bond donors (Lipinski definition) is 1. The molecule has 1 saturated heterocycles. The highest BCUT2D eigenvalue weighted by atomic mass is 19.1. The van der Waals surface area contributed by atoms with Crippen LogP contribution in [-0.2, 0) is 19.1 Å². The topological polar surface area (TPSA) is 75.7 Å². The molecule has 1 aliphatic heterocycles. The summed E-state index contributed by atoms with van der Waals surface area (Å²) in [5, 5.41) is 2.49. The van der Waals surface area contributed by atoms with Gasteiger partial charge in [-0.05, 0) is 44.2 Å². The second-order valence-electron chi connectivity index (χ2n) is 6.82. The van der Waals surface area contributed by atoms with Crippen LogP contribution in [0.4, 0.5) is 15.8 Å². The molecule has 6 nitrogen and oxygen atoms in total. The molecule has 3 rings (SSSR count). The molecule has 2 aromatic carbocycles. The number of nitrogens with one attached hydrogen (secondary N) is 1. The molecule has 0 radical (unpaired) electrons. The van der Waals surface area contributed by atoms with Crippen LogP contribution < -0.4 is 10.2 Å². The standard InChI is InChI=1S/C21H21FN2O4/c1-13-6-8-18(9-7-13)24-12-15(10-19(24)25)21(27)28-14(2)20(26)23-17-5-3-4-16(22)11-17/h3-9,11,14-15H,10,12H2,1-2H3,(H,23,26)/t14-,15+/m0/s1. The van der Waals surface area contributed by atoms with Crippen molar-refractivity contribution >= 4 is 29.2 Å². The number of carbonyl (C=O) groups excluding carboxylic acids is 3. The molecule has 0 spiro atoms. The van der Waals surface area contributed by atoms with Gasteiger partial charge in [-0.25, -0.2) is 4.39 Å². The van der Waals surface area contributed by atoms with Crippen LogP contribution in [0.2, 0.25) is 0 Å². The fraction of sp³-hybridized carbons (Fsp3) is 0.286. The van der Waals surface area contributed by atoms with Crippen LogP contribution in [0.5, 0.6) is 0 Å². The maximum atomic E-state index is 13.2. The summed E-state index contributed by atoms with van der Waals surface area (Å²) in [5.41, 5.74) is 2.07. The van der Waals surface area contributed by atoms with Gasteiger partial charge in [0, 0.05) is 24.3 Å². The third-order valence-corrected chi connectivity index (χ3v) is 4.56. The van der Waals surface area contributed by atoms with Gasteiger partial charge in [-0.15, -0.1) is 0 Å². The van der Waals surface area contributed by atoms with E-state index in [1.165, 1.54) is 31.2 Å². The maximum Gasteiger partial charge on any atom is 0.312 e. The minimum absolute atomic E-state index is 0.0327. The van der Waals surface area contributed by atoms with Crippen molar-refractivity contribution in [3.05, 3.63) is 59.9 Å². The second kappa shape index (κ2) is 8.21. The molecule has 0 bridgehead atoms. The molecule has 7 heteroatoms. The SMILES string of the molecule is Cc1ccc(N2C[C@H](C(=O)O[C@@H](C)C(=O)Nc3cccc(F)c3)CC2=O)cc1. The lowest BCUT2D eigenvalue weighted by molar-refractivity contribution is -0.157. The highest BCUT2D eigenvalue weighted by molar-refractivity contribution is 6.00. The average Bonchev–Trinajstić information content (AvgIpc) is 3.04. The fourth-order valence-electron chi connectivity index (χ4n) is 2.97. The van der Waals surface area contributed by atoms with Crippen molar-refractivity contribution in [3.8, 4) is 0 Å². The molecule has 28 heavy (non-hydrogen) atoms. The molecule has 0 unspecified atom stereocenters. The molecule has 0 aliphatic carbocycles. The van der Waals surface area contributed by atoms with Crippen LogP contribution in [0.25, 0.3) is 0 Å². The van der Waals surface area contributed by atoms with Crippen LogP contribution in [0.15, 0.2) is 48.5 Å². The van der Waals surface area contributed by atoms with Gasteiger partial charge in [0.05, 0.1) is 5.92 Å². The summed E-state index contributed by atoms with van der Waals surface area (Å²) in [6.07, 6.45) is -1.04.